The second kappa shape index (κ2) is 3.66. The van der Waals surface area contributed by atoms with Gasteiger partial charge in [-0.2, -0.15) is 0 Å². The lowest BCUT2D eigenvalue weighted by atomic mass is 10.1. The summed E-state index contributed by atoms with van der Waals surface area (Å²) >= 11 is 6.47. The zero-order valence-electron chi connectivity index (χ0n) is 6.43. The lowest BCUT2D eigenvalue weighted by molar-refractivity contribution is 0.400. The van der Waals surface area contributed by atoms with E-state index in [1.807, 2.05) is 6.92 Å². The highest BCUT2D eigenvalue weighted by molar-refractivity contribution is 9.13. The maximum atomic E-state index is 9.28. The molecule has 0 aromatic heterocycles. The van der Waals surface area contributed by atoms with E-state index in [9.17, 15) is 10.2 Å². The third-order valence-electron chi connectivity index (χ3n) is 1.62. The largest absolute Gasteiger partial charge is 0.504 e. The van der Waals surface area contributed by atoms with Gasteiger partial charge < -0.3 is 10.2 Å². The molecule has 4 heteroatoms. The summed E-state index contributed by atoms with van der Waals surface area (Å²) in [4.78, 5) is 0. The smallest absolute Gasteiger partial charge is 0.173 e. The molecule has 0 aliphatic rings. The zero-order chi connectivity index (χ0) is 9.30. The Bertz CT molecular complexity index is 310. The average Bonchev–Trinajstić information content (AvgIpc) is 2.08. The molecule has 0 unspecified atom stereocenters. The molecule has 1 aromatic carbocycles. The number of aromatic hydroxyl groups is 2. The summed E-state index contributed by atoms with van der Waals surface area (Å²) in [6, 6.07) is 1.55. The maximum Gasteiger partial charge on any atom is 0.173 e. The van der Waals surface area contributed by atoms with Crippen molar-refractivity contribution < 1.29 is 10.2 Å². The van der Waals surface area contributed by atoms with Crippen molar-refractivity contribution in [3.05, 3.63) is 20.6 Å². The van der Waals surface area contributed by atoms with Gasteiger partial charge in [0.1, 0.15) is 0 Å². The van der Waals surface area contributed by atoms with Gasteiger partial charge in [-0.3, -0.25) is 0 Å². The fourth-order valence-corrected chi connectivity index (χ4v) is 1.95. The lowest BCUT2D eigenvalue weighted by Gasteiger charge is -2.07. The van der Waals surface area contributed by atoms with Crippen LogP contribution in [0.5, 0.6) is 11.5 Å². The van der Waals surface area contributed by atoms with Crippen LogP contribution >= 0.6 is 31.9 Å². The molecule has 0 radical (unpaired) electrons. The predicted octanol–water partition coefficient (Wildman–Crippen LogP) is 3.19. The van der Waals surface area contributed by atoms with Crippen molar-refractivity contribution in [3.63, 3.8) is 0 Å². The van der Waals surface area contributed by atoms with Gasteiger partial charge in [-0.05, 0) is 49.9 Å². The molecule has 0 saturated carbocycles. The molecule has 1 rings (SSSR count). The van der Waals surface area contributed by atoms with Crippen molar-refractivity contribution in [3.8, 4) is 11.5 Å². The second-order valence-corrected chi connectivity index (χ2v) is 3.97. The van der Waals surface area contributed by atoms with Gasteiger partial charge in [-0.25, -0.2) is 0 Å². The molecule has 0 heterocycles. The van der Waals surface area contributed by atoms with E-state index in [1.54, 1.807) is 6.07 Å². The Balaban J connectivity index is 3.39. The summed E-state index contributed by atoms with van der Waals surface area (Å²) in [7, 11) is 0. The topological polar surface area (TPSA) is 40.5 Å². The predicted molar refractivity (Wildman–Crippen MR) is 54.5 cm³/mol. The Hall–Kier alpha value is -0.220. The first-order chi connectivity index (χ1) is 5.57. The summed E-state index contributed by atoms with van der Waals surface area (Å²) in [5.74, 6) is -0.221. The van der Waals surface area contributed by atoms with Crippen molar-refractivity contribution in [2.45, 2.75) is 13.3 Å². The molecule has 0 aliphatic carbocycles. The first-order valence-electron chi connectivity index (χ1n) is 3.46. The highest BCUT2D eigenvalue weighted by atomic mass is 79.9. The van der Waals surface area contributed by atoms with Crippen molar-refractivity contribution >= 4 is 31.9 Å². The van der Waals surface area contributed by atoms with Gasteiger partial charge >= 0.3 is 0 Å². The number of benzene rings is 1. The minimum Gasteiger partial charge on any atom is -0.504 e. The summed E-state index contributed by atoms with van der Waals surface area (Å²) in [6.45, 7) is 1.98. The fraction of sp³-hybridized carbons (Fsp3) is 0.250. The van der Waals surface area contributed by atoms with Gasteiger partial charge in [0.25, 0.3) is 0 Å². The van der Waals surface area contributed by atoms with E-state index in [0.29, 0.717) is 4.47 Å². The highest BCUT2D eigenvalue weighted by Crippen LogP contribution is 2.41. The Morgan fingerprint density at radius 1 is 1.25 bits per heavy atom. The SMILES string of the molecule is CCc1cc(O)c(O)c(Br)c1Br. The van der Waals surface area contributed by atoms with E-state index >= 15 is 0 Å². The molecule has 1 aromatic rings. The van der Waals surface area contributed by atoms with E-state index in [1.165, 1.54) is 0 Å². The summed E-state index contributed by atoms with van der Waals surface area (Å²) in [5, 5.41) is 18.5. The van der Waals surface area contributed by atoms with Crippen LogP contribution in [-0.4, -0.2) is 10.2 Å². The van der Waals surface area contributed by atoms with E-state index in [2.05, 4.69) is 31.9 Å². The van der Waals surface area contributed by atoms with Crippen LogP contribution in [0.2, 0.25) is 0 Å². The van der Waals surface area contributed by atoms with E-state index < -0.39 is 0 Å². The molecular weight excluding hydrogens is 288 g/mol. The molecule has 2 nitrogen and oxygen atoms in total. The van der Waals surface area contributed by atoms with Gasteiger partial charge in [0.15, 0.2) is 11.5 Å². The van der Waals surface area contributed by atoms with Gasteiger partial charge in [0, 0.05) is 4.47 Å². The number of halogens is 2. The molecule has 2 N–H and O–H groups in total. The van der Waals surface area contributed by atoms with Crippen LogP contribution in [0.4, 0.5) is 0 Å². The Morgan fingerprint density at radius 2 is 1.83 bits per heavy atom. The molecule has 0 amide bonds. The molecule has 0 atom stereocenters. The molecule has 12 heavy (non-hydrogen) atoms. The Labute approximate surface area is 87.5 Å². The Kier molecular flexibility index (Phi) is 3.01. The maximum absolute atomic E-state index is 9.28. The van der Waals surface area contributed by atoms with Crippen LogP contribution in [0.1, 0.15) is 12.5 Å². The first-order valence-corrected chi connectivity index (χ1v) is 5.05. The first kappa shape index (κ1) is 9.86. The lowest BCUT2D eigenvalue weighted by Crippen LogP contribution is -1.84. The van der Waals surface area contributed by atoms with Crippen molar-refractivity contribution in [2.24, 2.45) is 0 Å². The molecule has 66 valence electrons. The molecule has 0 fully saturated rings. The van der Waals surface area contributed by atoms with Crippen LogP contribution in [0, 0.1) is 0 Å². The molecular formula is C8H8Br2O2. The van der Waals surface area contributed by atoms with Crippen LogP contribution in [-0.2, 0) is 6.42 Å². The number of phenols is 2. The standard InChI is InChI=1S/C8H8Br2O2/c1-2-4-3-5(11)8(12)7(10)6(4)9/h3,11-12H,2H2,1H3. The monoisotopic (exact) mass is 294 g/mol. The van der Waals surface area contributed by atoms with Gasteiger partial charge in [0.05, 0.1) is 4.47 Å². The molecule has 0 spiro atoms. The summed E-state index contributed by atoms with van der Waals surface area (Å²) in [5.41, 5.74) is 0.956. The normalized spacial score (nSPS) is 10.2. The van der Waals surface area contributed by atoms with Gasteiger partial charge in [-0.1, -0.05) is 6.92 Å². The number of aryl methyl sites for hydroxylation is 1. The summed E-state index contributed by atoms with van der Waals surface area (Å²) in [6.07, 6.45) is 0.799. The van der Waals surface area contributed by atoms with Crippen LogP contribution < -0.4 is 0 Å². The van der Waals surface area contributed by atoms with Gasteiger partial charge in [0.2, 0.25) is 0 Å². The van der Waals surface area contributed by atoms with Crippen molar-refractivity contribution in [2.75, 3.05) is 0 Å². The van der Waals surface area contributed by atoms with Gasteiger partial charge in [-0.15, -0.1) is 0 Å². The van der Waals surface area contributed by atoms with Crippen molar-refractivity contribution in [1.82, 2.24) is 0 Å². The summed E-state index contributed by atoms with van der Waals surface area (Å²) < 4.78 is 1.29. The third kappa shape index (κ3) is 1.59. The van der Waals surface area contributed by atoms with Crippen molar-refractivity contribution in [1.29, 1.82) is 0 Å². The minimum atomic E-state index is -0.126. The quantitative estimate of drug-likeness (QED) is 0.781. The number of hydrogen-bond donors (Lipinski definition) is 2. The van der Waals surface area contributed by atoms with E-state index in [4.69, 9.17) is 0 Å². The molecule has 0 aliphatic heterocycles. The molecule has 0 bridgehead atoms. The third-order valence-corrected chi connectivity index (χ3v) is 3.83. The number of hydrogen-bond acceptors (Lipinski definition) is 2. The zero-order valence-corrected chi connectivity index (χ0v) is 9.61. The van der Waals surface area contributed by atoms with Crippen LogP contribution in [0.3, 0.4) is 0 Å². The van der Waals surface area contributed by atoms with E-state index in [0.717, 1.165) is 16.5 Å². The Morgan fingerprint density at radius 3 is 2.33 bits per heavy atom. The number of rotatable bonds is 1. The minimum absolute atomic E-state index is 0.0954. The highest BCUT2D eigenvalue weighted by Gasteiger charge is 2.11. The second-order valence-electron chi connectivity index (χ2n) is 2.38. The van der Waals surface area contributed by atoms with Crippen LogP contribution in [0.15, 0.2) is 15.0 Å². The fourth-order valence-electron chi connectivity index (χ4n) is 0.911. The molecule has 0 saturated heterocycles. The van der Waals surface area contributed by atoms with E-state index in [-0.39, 0.29) is 11.5 Å². The van der Waals surface area contributed by atoms with Crippen LogP contribution in [0.25, 0.3) is 0 Å². The number of phenolic OH excluding ortho intramolecular Hbond substituents is 2. The average molecular weight is 296 g/mol.